The smallest absolute Gasteiger partial charge is 0.121 e. The molecule has 1 aliphatic rings. The van der Waals surface area contributed by atoms with E-state index >= 15 is 0 Å². The zero-order valence-electron chi connectivity index (χ0n) is 6.41. The third-order valence-corrected chi connectivity index (χ3v) is 1.96. The van der Waals surface area contributed by atoms with Gasteiger partial charge in [-0.3, -0.25) is 10.6 Å². The predicted molar refractivity (Wildman–Crippen MR) is 46.4 cm³/mol. The highest BCUT2D eigenvalue weighted by atomic mass is 19.1. The molecule has 68 valence electrons. The Hall–Kier alpha value is -0.150. The van der Waals surface area contributed by atoms with Crippen LogP contribution >= 0.6 is 0 Å². The van der Waals surface area contributed by atoms with Crippen LogP contribution in [0, 0.1) is 0 Å². The lowest BCUT2D eigenvalue weighted by Gasteiger charge is -2.41. The van der Waals surface area contributed by atoms with Gasteiger partial charge in [-0.25, -0.2) is 4.39 Å². The predicted octanol–water partition coefficient (Wildman–Crippen LogP) is 1.28. The van der Waals surface area contributed by atoms with Gasteiger partial charge in [0, 0.05) is 6.54 Å². The Labute approximate surface area is 68.6 Å². The van der Waals surface area contributed by atoms with Gasteiger partial charge in [-0.1, -0.05) is 14.4 Å². The summed E-state index contributed by atoms with van der Waals surface area (Å²) >= 11 is 0. The highest BCUT2D eigenvalue weighted by molar-refractivity contribution is 4.93. The van der Waals surface area contributed by atoms with Gasteiger partial charge in [0.2, 0.25) is 0 Å². The molecule has 0 aliphatic carbocycles. The van der Waals surface area contributed by atoms with Gasteiger partial charge < -0.3 is 0 Å². The molecule has 1 heterocycles. The van der Waals surface area contributed by atoms with Crippen molar-refractivity contribution in [3.8, 4) is 0 Å². The Morgan fingerprint density at radius 1 is 1.64 bits per heavy atom. The minimum absolute atomic E-state index is 0. The van der Waals surface area contributed by atoms with Gasteiger partial charge in [-0.2, -0.15) is 0 Å². The van der Waals surface area contributed by atoms with Crippen molar-refractivity contribution in [2.45, 2.75) is 32.9 Å². The number of rotatable bonds is 4. The van der Waals surface area contributed by atoms with Crippen molar-refractivity contribution in [3.63, 3.8) is 0 Å². The lowest BCUT2D eigenvalue weighted by Crippen LogP contribution is -2.67. The molecule has 1 fully saturated rings. The van der Waals surface area contributed by atoms with Crippen molar-refractivity contribution < 1.29 is 4.39 Å². The summed E-state index contributed by atoms with van der Waals surface area (Å²) in [4.78, 5) is 0. The molecule has 0 saturated carbocycles. The summed E-state index contributed by atoms with van der Waals surface area (Å²) in [5, 5.41) is 6.20. The number of hydrogen-bond acceptors (Lipinski definition) is 2. The molecule has 1 rings (SSSR count). The van der Waals surface area contributed by atoms with E-state index in [0.29, 0.717) is 0 Å². The molecule has 11 heavy (non-hydrogen) atoms. The van der Waals surface area contributed by atoms with E-state index in [0.717, 1.165) is 25.9 Å². The average Bonchev–Trinajstić information content (AvgIpc) is 1.87. The van der Waals surface area contributed by atoms with E-state index in [9.17, 15) is 4.39 Å². The van der Waals surface area contributed by atoms with Crippen molar-refractivity contribution in [3.05, 3.63) is 0 Å². The van der Waals surface area contributed by atoms with Crippen LogP contribution in [0.15, 0.2) is 0 Å². The van der Waals surface area contributed by atoms with Gasteiger partial charge >= 0.3 is 0 Å². The summed E-state index contributed by atoms with van der Waals surface area (Å²) in [5.41, 5.74) is -0.351. The molecule has 0 aromatic rings. The molecule has 3 heteroatoms. The standard InChI is InChI=1S/C7H15FN2.CH4/c1-2-4-9-7(6-8)3-5-10-7;/h9-10H,2-6H2,1H3;1H4. The highest BCUT2D eigenvalue weighted by Crippen LogP contribution is 2.15. The molecule has 0 aromatic carbocycles. The second-order valence-corrected chi connectivity index (χ2v) is 2.82. The number of alkyl halides is 1. The van der Waals surface area contributed by atoms with Crippen molar-refractivity contribution in [1.82, 2.24) is 10.6 Å². The van der Waals surface area contributed by atoms with Crippen LogP contribution in [0.2, 0.25) is 0 Å². The molecule has 2 nitrogen and oxygen atoms in total. The second-order valence-electron chi connectivity index (χ2n) is 2.82. The van der Waals surface area contributed by atoms with Crippen LogP contribution < -0.4 is 10.6 Å². The van der Waals surface area contributed by atoms with E-state index in [2.05, 4.69) is 17.6 Å². The van der Waals surface area contributed by atoms with Crippen LogP contribution in [-0.4, -0.2) is 25.4 Å². The molecule has 1 unspecified atom stereocenters. The highest BCUT2D eigenvalue weighted by Gasteiger charge is 2.35. The molecule has 2 N–H and O–H groups in total. The maximum atomic E-state index is 12.3. The molecule has 1 aliphatic heterocycles. The third kappa shape index (κ3) is 2.42. The number of halogens is 1. The normalized spacial score (nSPS) is 28.9. The minimum atomic E-state index is -0.351. The van der Waals surface area contributed by atoms with E-state index in [1.165, 1.54) is 0 Å². The van der Waals surface area contributed by atoms with Gasteiger partial charge in [0.05, 0.1) is 5.66 Å². The lowest BCUT2D eigenvalue weighted by molar-refractivity contribution is 0.115. The van der Waals surface area contributed by atoms with Crippen molar-refractivity contribution in [2.24, 2.45) is 0 Å². The van der Waals surface area contributed by atoms with Gasteiger partial charge in [0.1, 0.15) is 6.67 Å². The van der Waals surface area contributed by atoms with Crippen LogP contribution in [0.25, 0.3) is 0 Å². The average molecular weight is 162 g/mol. The quantitative estimate of drug-likeness (QED) is 0.650. The van der Waals surface area contributed by atoms with Crippen LogP contribution in [0.3, 0.4) is 0 Å². The van der Waals surface area contributed by atoms with E-state index in [1.54, 1.807) is 0 Å². The molecular formula is C8H19FN2. The maximum absolute atomic E-state index is 12.3. The number of nitrogens with one attached hydrogen (secondary N) is 2. The molecule has 0 aromatic heterocycles. The number of hydrogen-bond donors (Lipinski definition) is 2. The summed E-state index contributed by atoms with van der Waals surface area (Å²) in [7, 11) is 0. The Morgan fingerprint density at radius 3 is 2.55 bits per heavy atom. The van der Waals surface area contributed by atoms with E-state index in [-0.39, 0.29) is 19.8 Å². The fourth-order valence-corrected chi connectivity index (χ4v) is 1.10. The Morgan fingerprint density at radius 2 is 2.27 bits per heavy atom. The fraction of sp³-hybridized carbons (Fsp3) is 1.00. The SMILES string of the molecule is C.CCCNC1(CF)CCN1. The van der Waals surface area contributed by atoms with Crippen molar-refractivity contribution in [2.75, 3.05) is 19.8 Å². The molecule has 0 spiro atoms. The molecule has 0 bridgehead atoms. The summed E-state index contributed by atoms with van der Waals surface area (Å²) < 4.78 is 12.3. The minimum Gasteiger partial charge on any atom is -0.297 e. The Balaban J connectivity index is 0.000001000. The molecule has 0 radical (unpaired) electrons. The monoisotopic (exact) mass is 162 g/mol. The van der Waals surface area contributed by atoms with Crippen molar-refractivity contribution >= 4 is 0 Å². The van der Waals surface area contributed by atoms with Crippen molar-refractivity contribution in [1.29, 1.82) is 0 Å². The largest absolute Gasteiger partial charge is 0.297 e. The van der Waals surface area contributed by atoms with Crippen LogP contribution in [0.1, 0.15) is 27.2 Å². The van der Waals surface area contributed by atoms with Crippen LogP contribution in [0.5, 0.6) is 0 Å². The van der Waals surface area contributed by atoms with E-state index < -0.39 is 0 Å². The first-order valence-corrected chi connectivity index (χ1v) is 3.89. The van der Waals surface area contributed by atoms with E-state index in [4.69, 9.17) is 0 Å². The first-order valence-electron chi connectivity index (χ1n) is 3.89. The summed E-state index contributed by atoms with van der Waals surface area (Å²) in [6, 6.07) is 0. The summed E-state index contributed by atoms with van der Waals surface area (Å²) in [5.74, 6) is 0. The summed E-state index contributed by atoms with van der Waals surface area (Å²) in [6.45, 7) is 3.63. The zero-order valence-corrected chi connectivity index (χ0v) is 6.41. The zero-order chi connectivity index (χ0) is 7.45. The van der Waals surface area contributed by atoms with Gasteiger partial charge in [0.25, 0.3) is 0 Å². The Bertz CT molecular complexity index is 96.8. The molecule has 0 amide bonds. The maximum Gasteiger partial charge on any atom is 0.121 e. The lowest BCUT2D eigenvalue weighted by atomic mass is 10.00. The Kier molecular flexibility index (Phi) is 4.61. The van der Waals surface area contributed by atoms with Gasteiger partial charge in [-0.05, 0) is 19.4 Å². The summed E-state index contributed by atoms with van der Waals surface area (Å²) in [6.07, 6.45) is 1.98. The third-order valence-electron chi connectivity index (χ3n) is 1.96. The molecular weight excluding hydrogens is 143 g/mol. The second kappa shape index (κ2) is 4.67. The van der Waals surface area contributed by atoms with Crippen LogP contribution in [0.4, 0.5) is 4.39 Å². The molecule has 1 atom stereocenters. The first-order chi connectivity index (χ1) is 4.83. The van der Waals surface area contributed by atoms with Gasteiger partial charge in [0.15, 0.2) is 0 Å². The fourth-order valence-electron chi connectivity index (χ4n) is 1.10. The molecule has 1 saturated heterocycles. The van der Waals surface area contributed by atoms with Crippen LogP contribution in [-0.2, 0) is 0 Å². The van der Waals surface area contributed by atoms with E-state index in [1.807, 2.05) is 0 Å². The van der Waals surface area contributed by atoms with Gasteiger partial charge in [-0.15, -0.1) is 0 Å². The first kappa shape index (κ1) is 10.8. The topological polar surface area (TPSA) is 24.1 Å².